The number of rotatable bonds is 7. The average Bonchev–Trinajstić information content (AvgIpc) is 2.35. The zero-order valence-corrected chi connectivity index (χ0v) is 17.1. The highest BCUT2D eigenvalue weighted by atomic mass is 32.2. The van der Waals surface area contributed by atoms with Crippen molar-refractivity contribution in [3.8, 4) is 0 Å². The lowest BCUT2D eigenvalue weighted by molar-refractivity contribution is 0.551. The molecule has 6 nitrogen and oxygen atoms in total. The summed E-state index contributed by atoms with van der Waals surface area (Å²) < 4.78 is 52.9. The molecular weight excluding hydrogens is 348 g/mol. The van der Waals surface area contributed by atoms with Gasteiger partial charge >= 0.3 is 0 Å². The Kier molecular flexibility index (Phi) is 6.46. The van der Waals surface area contributed by atoms with Gasteiger partial charge in [-0.25, -0.2) is 21.6 Å². The molecule has 0 amide bonds. The fraction of sp³-hybridized carbons (Fsp3) is 0.625. The van der Waals surface area contributed by atoms with E-state index in [4.69, 9.17) is 0 Å². The molecule has 0 spiro atoms. The Balaban J connectivity index is 3.45. The molecule has 0 fully saturated rings. The van der Waals surface area contributed by atoms with Crippen LogP contribution in [-0.2, 0) is 20.0 Å². The van der Waals surface area contributed by atoms with Gasteiger partial charge in [0.2, 0.25) is 20.0 Å². The second-order valence-electron chi connectivity index (χ2n) is 6.62. The molecule has 0 saturated carbocycles. The van der Waals surface area contributed by atoms with Gasteiger partial charge in [0.05, 0.1) is 16.8 Å². The number of nitrogens with zero attached hydrogens (tertiary/aromatic N) is 1. The van der Waals surface area contributed by atoms with E-state index in [1.165, 1.54) is 7.05 Å². The Bertz CT molecular complexity index is 813. The smallest absolute Gasteiger partial charge is 0.241 e. The van der Waals surface area contributed by atoms with Gasteiger partial charge in [-0.05, 0) is 49.8 Å². The minimum absolute atomic E-state index is 0.155. The van der Waals surface area contributed by atoms with Crippen LogP contribution in [0.3, 0.4) is 0 Å². The van der Waals surface area contributed by atoms with E-state index in [1.807, 2.05) is 13.8 Å². The molecule has 0 aliphatic heterocycles. The van der Waals surface area contributed by atoms with Crippen LogP contribution >= 0.6 is 0 Å². The monoisotopic (exact) mass is 376 g/mol. The van der Waals surface area contributed by atoms with Gasteiger partial charge in [-0.15, -0.1) is 0 Å². The van der Waals surface area contributed by atoms with Crippen molar-refractivity contribution >= 4 is 25.7 Å². The predicted octanol–water partition coefficient (Wildman–Crippen LogP) is 2.33. The highest BCUT2D eigenvalue weighted by Gasteiger charge is 2.26. The van der Waals surface area contributed by atoms with Crippen molar-refractivity contribution in [1.29, 1.82) is 0 Å². The Labute approximate surface area is 146 Å². The standard InChI is InChI=1S/C16H28N2O4S2/c1-11(2)8-9-17-24(21,22)16-13(4)10-12(3)15(14(16)5)18(6)23(7,19)20/h10-11,17H,8-9H2,1-7H3. The Morgan fingerprint density at radius 1 is 1.08 bits per heavy atom. The lowest BCUT2D eigenvalue weighted by Gasteiger charge is -2.24. The van der Waals surface area contributed by atoms with Crippen LogP contribution in [0.1, 0.15) is 37.0 Å². The van der Waals surface area contributed by atoms with E-state index in [1.54, 1.807) is 26.8 Å². The van der Waals surface area contributed by atoms with E-state index in [-0.39, 0.29) is 4.90 Å². The lowest BCUT2D eigenvalue weighted by Crippen LogP contribution is -2.30. The summed E-state index contributed by atoms with van der Waals surface area (Å²) in [7, 11) is -5.76. The summed E-state index contributed by atoms with van der Waals surface area (Å²) in [6.07, 6.45) is 1.83. The molecule has 0 unspecified atom stereocenters. The largest absolute Gasteiger partial charge is 0.273 e. The van der Waals surface area contributed by atoms with Crippen molar-refractivity contribution in [2.75, 3.05) is 24.2 Å². The summed E-state index contributed by atoms with van der Waals surface area (Å²) in [6, 6.07) is 1.71. The molecular formula is C16H28N2O4S2. The highest BCUT2D eigenvalue weighted by molar-refractivity contribution is 7.92. The van der Waals surface area contributed by atoms with Crippen molar-refractivity contribution in [3.05, 3.63) is 22.8 Å². The van der Waals surface area contributed by atoms with Crippen LogP contribution in [0.25, 0.3) is 0 Å². The minimum atomic E-state index is -3.71. The van der Waals surface area contributed by atoms with Crippen LogP contribution in [0, 0.1) is 26.7 Å². The van der Waals surface area contributed by atoms with Crippen LogP contribution < -0.4 is 9.03 Å². The van der Waals surface area contributed by atoms with Crippen LogP contribution in [0.5, 0.6) is 0 Å². The maximum absolute atomic E-state index is 12.7. The third-order valence-corrected chi connectivity index (χ3v) is 6.88. The van der Waals surface area contributed by atoms with Crippen molar-refractivity contribution < 1.29 is 16.8 Å². The van der Waals surface area contributed by atoms with Gasteiger partial charge in [0.15, 0.2) is 0 Å². The summed E-state index contributed by atoms with van der Waals surface area (Å²) in [4.78, 5) is 0.155. The van der Waals surface area contributed by atoms with Gasteiger partial charge in [0.25, 0.3) is 0 Å². The highest BCUT2D eigenvalue weighted by Crippen LogP contribution is 2.33. The third kappa shape index (κ3) is 4.70. The predicted molar refractivity (Wildman–Crippen MR) is 98.5 cm³/mol. The number of anilines is 1. The van der Waals surface area contributed by atoms with E-state index in [0.717, 1.165) is 22.5 Å². The van der Waals surface area contributed by atoms with Crippen LogP contribution in [-0.4, -0.2) is 36.7 Å². The van der Waals surface area contributed by atoms with Crippen LogP contribution in [0.4, 0.5) is 5.69 Å². The maximum atomic E-state index is 12.7. The second-order valence-corrected chi connectivity index (χ2v) is 10.3. The normalized spacial score (nSPS) is 12.7. The van der Waals surface area contributed by atoms with Gasteiger partial charge in [-0.2, -0.15) is 0 Å². The molecule has 8 heteroatoms. The van der Waals surface area contributed by atoms with Gasteiger partial charge < -0.3 is 0 Å². The van der Waals surface area contributed by atoms with E-state index < -0.39 is 20.0 Å². The molecule has 0 aliphatic rings. The number of benzene rings is 1. The average molecular weight is 377 g/mol. The van der Waals surface area contributed by atoms with Crippen LogP contribution in [0.2, 0.25) is 0 Å². The zero-order valence-electron chi connectivity index (χ0n) is 15.5. The Morgan fingerprint density at radius 2 is 1.62 bits per heavy atom. The first-order valence-electron chi connectivity index (χ1n) is 7.83. The molecule has 0 heterocycles. The SMILES string of the molecule is Cc1cc(C)c(S(=O)(=O)NCCC(C)C)c(C)c1N(C)S(C)(=O)=O. The van der Waals surface area contributed by atoms with E-state index in [0.29, 0.717) is 29.3 Å². The second kappa shape index (κ2) is 7.41. The molecule has 0 aliphatic carbocycles. The quantitative estimate of drug-likeness (QED) is 0.792. The van der Waals surface area contributed by atoms with Crippen molar-refractivity contribution in [1.82, 2.24) is 4.72 Å². The molecule has 1 rings (SSSR count). The zero-order chi connectivity index (χ0) is 18.9. The summed E-state index contributed by atoms with van der Waals surface area (Å²) in [6.45, 7) is 9.55. The maximum Gasteiger partial charge on any atom is 0.241 e. The first kappa shape index (κ1) is 20.9. The van der Waals surface area contributed by atoms with E-state index >= 15 is 0 Å². The van der Waals surface area contributed by atoms with Crippen molar-refractivity contribution in [2.24, 2.45) is 5.92 Å². The molecule has 1 aromatic rings. The molecule has 0 aromatic heterocycles. The topological polar surface area (TPSA) is 83.6 Å². The van der Waals surface area contributed by atoms with Gasteiger partial charge in [0, 0.05) is 13.6 Å². The minimum Gasteiger partial charge on any atom is -0.273 e. The first-order chi connectivity index (χ1) is 10.8. The number of hydrogen-bond acceptors (Lipinski definition) is 4. The molecule has 24 heavy (non-hydrogen) atoms. The van der Waals surface area contributed by atoms with Gasteiger partial charge in [0.1, 0.15) is 0 Å². The third-order valence-electron chi connectivity index (χ3n) is 3.96. The van der Waals surface area contributed by atoms with Crippen molar-refractivity contribution in [2.45, 2.75) is 45.9 Å². The Hall–Kier alpha value is -1.12. The molecule has 0 saturated heterocycles. The first-order valence-corrected chi connectivity index (χ1v) is 11.2. The molecule has 0 bridgehead atoms. The van der Waals surface area contributed by atoms with Gasteiger partial charge in [-0.3, -0.25) is 4.31 Å². The summed E-state index contributed by atoms with van der Waals surface area (Å²) >= 11 is 0. The van der Waals surface area contributed by atoms with E-state index in [9.17, 15) is 16.8 Å². The van der Waals surface area contributed by atoms with Crippen molar-refractivity contribution in [3.63, 3.8) is 0 Å². The van der Waals surface area contributed by atoms with Crippen LogP contribution in [0.15, 0.2) is 11.0 Å². The molecule has 138 valence electrons. The number of hydrogen-bond donors (Lipinski definition) is 1. The lowest BCUT2D eigenvalue weighted by atomic mass is 10.1. The summed E-state index contributed by atoms with van der Waals surface area (Å²) in [5.41, 5.74) is 2.18. The fourth-order valence-electron chi connectivity index (χ4n) is 2.78. The number of aryl methyl sites for hydroxylation is 2. The molecule has 0 atom stereocenters. The van der Waals surface area contributed by atoms with Gasteiger partial charge in [-0.1, -0.05) is 19.9 Å². The summed E-state index contributed by atoms with van der Waals surface area (Å²) in [5.74, 6) is 0.389. The number of sulfonamides is 2. The van der Waals surface area contributed by atoms with E-state index in [2.05, 4.69) is 4.72 Å². The molecule has 0 radical (unpaired) electrons. The fourth-order valence-corrected chi connectivity index (χ4v) is 4.90. The molecule has 1 N–H and O–H groups in total. The molecule has 1 aromatic carbocycles. The Morgan fingerprint density at radius 3 is 2.08 bits per heavy atom. The summed E-state index contributed by atoms with van der Waals surface area (Å²) in [5, 5.41) is 0. The number of nitrogens with one attached hydrogen (secondary N) is 1.